The molecule has 0 spiro atoms. The molecule has 8 heteroatoms. The highest BCUT2D eigenvalue weighted by molar-refractivity contribution is 7.93. The number of amides is 2. The smallest absolute Gasteiger partial charge is 0.308 e. The lowest BCUT2D eigenvalue weighted by Crippen LogP contribution is -2.25. The van der Waals surface area contributed by atoms with Crippen LogP contribution in [-0.2, 0) is 10.0 Å². The van der Waals surface area contributed by atoms with Crippen molar-refractivity contribution in [1.29, 1.82) is 0 Å². The van der Waals surface area contributed by atoms with E-state index in [4.69, 9.17) is 11.6 Å². The van der Waals surface area contributed by atoms with Crippen LogP contribution in [0.1, 0.15) is 6.42 Å². The van der Waals surface area contributed by atoms with E-state index >= 15 is 0 Å². The quantitative estimate of drug-likeness (QED) is 0.873. The van der Waals surface area contributed by atoms with Gasteiger partial charge in [-0.15, -0.1) is 0 Å². The fourth-order valence-corrected chi connectivity index (χ4v) is 4.18. The molecule has 0 aliphatic carbocycles. The number of sulfonamides is 1. The number of carbonyl (C=O) groups is 1. The molecule has 0 aromatic heterocycles. The van der Waals surface area contributed by atoms with Crippen LogP contribution in [0.15, 0.2) is 48.5 Å². The third kappa shape index (κ3) is 3.80. The van der Waals surface area contributed by atoms with Gasteiger partial charge < -0.3 is 10.6 Å². The van der Waals surface area contributed by atoms with E-state index in [9.17, 15) is 13.2 Å². The van der Waals surface area contributed by atoms with Crippen LogP contribution in [0.3, 0.4) is 0 Å². The number of nitrogens with one attached hydrogen (secondary N) is 2. The summed E-state index contributed by atoms with van der Waals surface area (Å²) in [6.45, 7) is 0.461. The number of hydrogen-bond acceptors (Lipinski definition) is 3. The highest BCUT2D eigenvalue weighted by atomic mass is 35.5. The topological polar surface area (TPSA) is 78.5 Å². The third-order valence-electron chi connectivity index (χ3n) is 3.59. The first-order valence-electron chi connectivity index (χ1n) is 7.38. The van der Waals surface area contributed by atoms with Crippen LogP contribution in [0.5, 0.6) is 0 Å². The van der Waals surface area contributed by atoms with Crippen LogP contribution in [0.25, 0.3) is 0 Å². The van der Waals surface area contributed by atoms with E-state index in [1.807, 2.05) is 0 Å². The largest absolute Gasteiger partial charge is 0.323 e. The number of rotatable bonds is 3. The highest BCUT2D eigenvalue weighted by Crippen LogP contribution is 2.26. The van der Waals surface area contributed by atoms with E-state index in [2.05, 4.69) is 10.6 Å². The molecule has 2 aromatic carbocycles. The first-order valence-corrected chi connectivity index (χ1v) is 9.37. The molecule has 3 rings (SSSR count). The summed E-state index contributed by atoms with van der Waals surface area (Å²) in [6, 6.07) is 13.1. The van der Waals surface area contributed by atoms with Crippen molar-refractivity contribution in [2.24, 2.45) is 0 Å². The zero-order valence-corrected chi connectivity index (χ0v) is 14.3. The molecule has 1 fully saturated rings. The zero-order chi connectivity index (χ0) is 17.2. The molecule has 1 aliphatic heterocycles. The van der Waals surface area contributed by atoms with E-state index in [-0.39, 0.29) is 5.75 Å². The SMILES string of the molecule is O=C(Nc1ccc(Cl)cc1)Nc1cccc(N2CCCS2(=O)=O)c1. The summed E-state index contributed by atoms with van der Waals surface area (Å²) in [4.78, 5) is 12.0. The molecule has 2 N–H and O–H groups in total. The Kier molecular flexibility index (Phi) is 4.64. The fourth-order valence-electron chi connectivity index (χ4n) is 2.49. The Hall–Kier alpha value is -2.25. The van der Waals surface area contributed by atoms with E-state index in [1.165, 1.54) is 4.31 Å². The Labute approximate surface area is 145 Å². The van der Waals surface area contributed by atoms with Gasteiger partial charge in [-0.05, 0) is 48.9 Å². The van der Waals surface area contributed by atoms with E-state index in [0.717, 1.165) is 0 Å². The minimum absolute atomic E-state index is 0.154. The van der Waals surface area contributed by atoms with Crippen molar-refractivity contribution in [3.8, 4) is 0 Å². The van der Waals surface area contributed by atoms with E-state index in [1.54, 1.807) is 48.5 Å². The molecule has 2 aromatic rings. The fraction of sp³-hybridized carbons (Fsp3) is 0.188. The molecule has 0 unspecified atom stereocenters. The van der Waals surface area contributed by atoms with Crippen LogP contribution in [0.4, 0.5) is 21.9 Å². The lowest BCUT2D eigenvalue weighted by atomic mass is 10.2. The standard InChI is InChI=1S/C16H16ClN3O3S/c17-12-5-7-13(8-6-12)18-16(21)19-14-3-1-4-15(11-14)20-9-2-10-24(20,22)23/h1,3-8,11H,2,9-10H2,(H2,18,19,21). The summed E-state index contributed by atoms with van der Waals surface area (Å²) in [6.07, 6.45) is 0.608. The van der Waals surface area contributed by atoms with Gasteiger partial charge in [0.25, 0.3) is 0 Å². The maximum absolute atomic E-state index is 12.0. The molecule has 6 nitrogen and oxygen atoms in total. The van der Waals surface area contributed by atoms with Gasteiger partial charge in [-0.2, -0.15) is 0 Å². The molecule has 0 saturated carbocycles. The molecule has 0 bridgehead atoms. The number of halogens is 1. The normalized spacial score (nSPS) is 16.0. The van der Waals surface area contributed by atoms with Crippen LogP contribution in [0.2, 0.25) is 5.02 Å². The summed E-state index contributed by atoms with van der Waals surface area (Å²) in [5.41, 5.74) is 1.67. The average molecular weight is 366 g/mol. The van der Waals surface area contributed by atoms with E-state index < -0.39 is 16.1 Å². The molecule has 24 heavy (non-hydrogen) atoms. The Bertz CT molecular complexity index is 853. The van der Waals surface area contributed by atoms with Crippen molar-refractivity contribution >= 4 is 44.7 Å². The summed E-state index contributed by atoms with van der Waals surface area (Å²) in [7, 11) is -3.25. The lowest BCUT2D eigenvalue weighted by molar-refractivity contribution is 0.262. The minimum atomic E-state index is -3.25. The van der Waals surface area contributed by atoms with Gasteiger partial charge in [0.1, 0.15) is 0 Å². The number of anilines is 3. The Morgan fingerprint density at radius 3 is 2.42 bits per heavy atom. The number of nitrogens with zero attached hydrogens (tertiary/aromatic N) is 1. The maximum atomic E-state index is 12.0. The molecular weight excluding hydrogens is 350 g/mol. The van der Waals surface area contributed by atoms with Crippen molar-refractivity contribution in [2.45, 2.75) is 6.42 Å². The average Bonchev–Trinajstić information content (AvgIpc) is 2.89. The minimum Gasteiger partial charge on any atom is -0.308 e. The Balaban J connectivity index is 1.70. The lowest BCUT2D eigenvalue weighted by Gasteiger charge is -2.18. The monoisotopic (exact) mass is 365 g/mol. The predicted octanol–water partition coefficient (Wildman–Crippen LogP) is 3.52. The van der Waals surface area contributed by atoms with Gasteiger partial charge in [-0.25, -0.2) is 13.2 Å². The Morgan fingerprint density at radius 1 is 1.04 bits per heavy atom. The number of hydrogen-bond donors (Lipinski definition) is 2. The molecular formula is C16H16ClN3O3S. The highest BCUT2D eigenvalue weighted by Gasteiger charge is 2.28. The van der Waals surface area contributed by atoms with Crippen LogP contribution in [-0.4, -0.2) is 26.7 Å². The van der Waals surface area contributed by atoms with Crippen molar-refractivity contribution in [3.63, 3.8) is 0 Å². The molecule has 2 amide bonds. The maximum Gasteiger partial charge on any atom is 0.323 e. The second kappa shape index (κ2) is 6.70. The van der Waals surface area contributed by atoms with Gasteiger partial charge in [0.15, 0.2) is 0 Å². The molecule has 1 saturated heterocycles. The third-order valence-corrected chi connectivity index (χ3v) is 5.71. The van der Waals surface area contributed by atoms with Gasteiger partial charge >= 0.3 is 6.03 Å². The number of urea groups is 1. The van der Waals surface area contributed by atoms with Crippen molar-refractivity contribution in [2.75, 3.05) is 27.2 Å². The number of benzene rings is 2. The van der Waals surface area contributed by atoms with Gasteiger partial charge in [-0.1, -0.05) is 17.7 Å². The molecule has 1 aliphatic rings. The van der Waals surface area contributed by atoms with Gasteiger partial charge in [0.2, 0.25) is 10.0 Å². The second-order valence-corrected chi connectivity index (χ2v) is 7.83. The van der Waals surface area contributed by atoms with E-state index in [0.29, 0.717) is 35.1 Å². The summed E-state index contributed by atoms with van der Waals surface area (Å²) < 4.78 is 25.3. The molecule has 0 radical (unpaired) electrons. The van der Waals surface area contributed by atoms with Crippen molar-refractivity contribution in [1.82, 2.24) is 0 Å². The van der Waals surface area contributed by atoms with Crippen LogP contribution >= 0.6 is 11.6 Å². The summed E-state index contributed by atoms with van der Waals surface area (Å²) in [5.74, 6) is 0.154. The van der Waals surface area contributed by atoms with Gasteiger partial charge in [0, 0.05) is 22.9 Å². The summed E-state index contributed by atoms with van der Waals surface area (Å²) in [5, 5.41) is 5.96. The number of carbonyl (C=O) groups excluding carboxylic acids is 1. The van der Waals surface area contributed by atoms with Crippen LogP contribution in [0, 0.1) is 0 Å². The molecule has 126 valence electrons. The van der Waals surface area contributed by atoms with Crippen LogP contribution < -0.4 is 14.9 Å². The summed E-state index contributed by atoms with van der Waals surface area (Å²) >= 11 is 5.80. The molecule has 0 atom stereocenters. The van der Waals surface area contributed by atoms with Gasteiger partial charge in [0.05, 0.1) is 11.4 Å². The zero-order valence-electron chi connectivity index (χ0n) is 12.7. The first-order chi connectivity index (χ1) is 11.4. The first kappa shape index (κ1) is 16.6. The van der Waals surface area contributed by atoms with Crippen molar-refractivity contribution < 1.29 is 13.2 Å². The van der Waals surface area contributed by atoms with Crippen molar-refractivity contribution in [3.05, 3.63) is 53.6 Å². The predicted molar refractivity (Wildman–Crippen MR) is 96.3 cm³/mol. The Morgan fingerprint density at radius 2 is 1.75 bits per heavy atom. The van der Waals surface area contributed by atoms with Gasteiger partial charge in [-0.3, -0.25) is 4.31 Å². The molecule has 1 heterocycles. The second-order valence-electron chi connectivity index (χ2n) is 5.38.